The number of rotatable bonds is 2. The fraction of sp³-hybridized carbons (Fsp3) is 0.0526. The molecule has 24 heavy (non-hydrogen) atoms. The van der Waals surface area contributed by atoms with Gasteiger partial charge in [-0.1, -0.05) is 48.0 Å². The lowest BCUT2D eigenvalue weighted by Gasteiger charge is -2.02. The zero-order valence-corrected chi connectivity index (χ0v) is 14.2. The number of fused-ring (bicyclic) bond motifs is 1. The highest BCUT2D eigenvalue weighted by Gasteiger charge is 2.14. The van der Waals surface area contributed by atoms with Gasteiger partial charge in [0, 0.05) is 16.5 Å². The van der Waals surface area contributed by atoms with Crippen LogP contribution in [0.25, 0.3) is 27.7 Å². The molecule has 0 unspecified atom stereocenters. The molecule has 0 aliphatic heterocycles. The maximum Gasteiger partial charge on any atom is 0.257 e. The first-order valence-corrected chi connectivity index (χ1v) is 8.79. The summed E-state index contributed by atoms with van der Waals surface area (Å²) < 4.78 is 0. The Bertz CT molecular complexity index is 1070. The molecule has 0 amide bonds. The van der Waals surface area contributed by atoms with Gasteiger partial charge in [-0.25, -0.2) is 4.98 Å². The third-order valence-electron chi connectivity index (χ3n) is 3.86. The molecule has 3 aromatic rings. The molecule has 2 heterocycles. The number of thiazole rings is 1. The van der Waals surface area contributed by atoms with Crippen LogP contribution in [0.15, 0.2) is 69.8 Å². The van der Waals surface area contributed by atoms with Crippen molar-refractivity contribution in [3.8, 4) is 11.3 Å². The summed E-state index contributed by atoms with van der Waals surface area (Å²) in [6, 6.07) is 9.60. The summed E-state index contributed by atoms with van der Waals surface area (Å²) in [6.07, 6.45) is 8.71. The van der Waals surface area contributed by atoms with Crippen LogP contribution in [-0.2, 0) is 0 Å². The molecule has 0 saturated carbocycles. The number of halogens is 1. The summed E-state index contributed by atoms with van der Waals surface area (Å²) in [7, 11) is 0. The van der Waals surface area contributed by atoms with Gasteiger partial charge in [-0.15, -0.1) is 11.3 Å². The number of nitrogens with one attached hydrogen (secondary N) is 1. The zero-order valence-electron chi connectivity index (χ0n) is 12.6. The van der Waals surface area contributed by atoms with Crippen LogP contribution >= 0.6 is 22.9 Å². The molecule has 1 aliphatic rings. The smallest absolute Gasteiger partial charge is 0.257 e. The van der Waals surface area contributed by atoms with E-state index in [-0.39, 0.29) is 5.56 Å². The van der Waals surface area contributed by atoms with Crippen LogP contribution < -0.4 is 5.56 Å². The fourth-order valence-electron chi connectivity index (χ4n) is 2.65. The predicted octanol–water partition coefficient (Wildman–Crippen LogP) is 5.12. The minimum atomic E-state index is -0.135. The molecule has 0 fully saturated rings. The van der Waals surface area contributed by atoms with E-state index in [0.717, 1.165) is 27.9 Å². The van der Waals surface area contributed by atoms with E-state index in [1.165, 1.54) is 11.3 Å². The van der Waals surface area contributed by atoms with Crippen LogP contribution in [-0.4, -0.2) is 9.97 Å². The van der Waals surface area contributed by atoms with Gasteiger partial charge in [0.15, 0.2) is 0 Å². The van der Waals surface area contributed by atoms with Crippen molar-refractivity contribution in [1.82, 2.24) is 9.97 Å². The lowest BCUT2D eigenvalue weighted by Crippen LogP contribution is -2.08. The van der Waals surface area contributed by atoms with Crippen LogP contribution in [0, 0.1) is 0 Å². The average molecular weight is 353 g/mol. The predicted molar refractivity (Wildman–Crippen MR) is 101 cm³/mol. The third kappa shape index (κ3) is 2.75. The maximum absolute atomic E-state index is 12.4. The van der Waals surface area contributed by atoms with Gasteiger partial charge < -0.3 is 4.98 Å². The molecule has 0 atom stereocenters. The van der Waals surface area contributed by atoms with Gasteiger partial charge in [-0.2, -0.15) is 0 Å². The van der Waals surface area contributed by atoms with Gasteiger partial charge in [-0.3, -0.25) is 4.79 Å². The lowest BCUT2D eigenvalue weighted by atomic mass is 10.1. The standard InChI is InChI=1S/C19H13ClN2OS/c20-15-8-3-1-2-7-13(15)19-22-17(11-24-19)14-10-12-6-4-5-9-16(12)21-18(14)23/h1,3-11H,2H2,(H,21,23). The second-order valence-corrected chi connectivity index (χ2v) is 6.70. The number of H-pyrrole nitrogens is 1. The number of nitrogens with zero attached hydrogens (tertiary/aromatic N) is 1. The van der Waals surface area contributed by atoms with E-state index in [0.29, 0.717) is 16.3 Å². The highest BCUT2D eigenvalue weighted by Crippen LogP contribution is 2.32. The summed E-state index contributed by atoms with van der Waals surface area (Å²) in [5, 5.41) is 4.37. The number of pyridine rings is 1. The number of hydrogen-bond acceptors (Lipinski definition) is 3. The third-order valence-corrected chi connectivity index (χ3v) is 5.06. The quantitative estimate of drug-likeness (QED) is 0.696. The van der Waals surface area contributed by atoms with Gasteiger partial charge in [0.05, 0.1) is 16.3 Å². The average Bonchev–Trinajstić information content (AvgIpc) is 2.96. The van der Waals surface area contributed by atoms with E-state index in [1.807, 2.05) is 53.9 Å². The highest BCUT2D eigenvalue weighted by molar-refractivity contribution is 7.11. The number of allylic oxidation sites excluding steroid dienone is 6. The number of para-hydroxylation sites is 1. The molecule has 1 aliphatic carbocycles. The lowest BCUT2D eigenvalue weighted by molar-refractivity contribution is 1.27. The topological polar surface area (TPSA) is 45.8 Å². The van der Waals surface area contributed by atoms with Crippen LogP contribution in [0.3, 0.4) is 0 Å². The molecule has 1 aromatic carbocycles. The second-order valence-electron chi connectivity index (χ2n) is 5.43. The highest BCUT2D eigenvalue weighted by atomic mass is 35.5. The first kappa shape index (κ1) is 15.1. The van der Waals surface area contributed by atoms with Crippen molar-refractivity contribution >= 4 is 39.4 Å². The fourth-order valence-corrected chi connectivity index (χ4v) is 3.82. The van der Waals surface area contributed by atoms with Gasteiger partial charge in [-0.05, 0) is 30.0 Å². The Morgan fingerprint density at radius 2 is 2.12 bits per heavy atom. The molecular weight excluding hydrogens is 340 g/mol. The Hall–Kier alpha value is -2.43. The first-order chi connectivity index (χ1) is 11.7. The van der Waals surface area contributed by atoms with E-state index in [2.05, 4.69) is 16.0 Å². The minimum Gasteiger partial charge on any atom is -0.321 e. The van der Waals surface area contributed by atoms with E-state index >= 15 is 0 Å². The Morgan fingerprint density at radius 1 is 1.25 bits per heavy atom. The molecular formula is C19H13ClN2OS. The monoisotopic (exact) mass is 352 g/mol. The van der Waals surface area contributed by atoms with Crippen molar-refractivity contribution in [2.75, 3.05) is 0 Å². The van der Waals surface area contributed by atoms with Gasteiger partial charge in [0.2, 0.25) is 0 Å². The van der Waals surface area contributed by atoms with Gasteiger partial charge in [0.1, 0.15) is 5.01 Å². The Balaban J connectivity index is 1.79. The largest absolute Gasteiger partial charge is 0.321 e. The van der Waals surface area contributed by atoms with Crippen molar-refractivity contribution in [3.05, 3.63) is 80.4 Å². The molecule has 5 heteroatoms. The molecule has 0 spiro atoms. The summed E-state index contributed by atoms with van der Waals surface area (Å²) in [4.78, 5) is 19.9. The molecule has 4 rings (SSSR count). The molecule has 0 bridgehead atoms. The Kier molecular flexibility index (Phi) is 3.92. The van der Waals surface area contributed by atoms with Crippen molar-refractivity contribution in [2.45, 2.75) is 6.42 Å². The maximum atomic E-state index is 12.4. The number of aromatic amines is 1. The molecule has 3 nitrogen and oxygen atoms in total. The normalized spacial score (nSPS) is 14.4. The first-order valence-electron chi connectivity index (χ1n) is 7.53. The van der Waals surface area contributed by atoms with Crippen molar-refractivity contribution in [3.63, 3.8) is 0 Å². The molecule has 118 valence electrons. The van der Waals surface area contributed by atoms with E-state index in [4.69, 9.17) is 11.6 Å². The molecule has 2 aromatic heterocycles. The minimum absolute atomic E-state index is 0.135. The SMILES string of the molecule is O=c1[nH]c2ccccc2cc1-c1csc(C2=CCC=CC=C2Cl)n1. The molecule has 0 radical (unpaired) electrons. The van der Waals surface area contributed by atoms with Crippen LogP contribution in [0.2, 0.25) is 0 Å². The number of aromatic nitrogens is 2. The van der Waals surface area contributed by atoms with E-state index in [9.17, 15) is 4.79 Å². The number of benzene rings is 1. The van der Waals surface area contributed by atoms with Gasteiger partial charge in [0.25, 0.3) is 5.56 Å². The van der Waals surface area contributed by atoms with Crippen LogP contribution in [0.5, 0.6) is 0 Å². The van der Waals surface area contributed by atoms with Gasteiger partial charge >= 0.3 is 0 Å². The molecule has 1 N–H and O–H groups in total. The zero-order chi connectivity index (χ0) is 16.5. The molecule has 0 saturated heterocycles. The summed E-state index contributed by atoms with van der Waals surface area (Å²) in [5.74, 6) is 0. The summed E-state index contributed by atoms with van der Waals surface area (Å²) in [6.45, 7) is 0. The van der Waals surface area contributed by atoms with Crippen molar-refractivity contribution in [2.24, 2.45) is 0 Å². The van der Waals surface area contributed by atoms with Crippen molar-refractivity contribution in [1.29, 1.82) is 0 Å². The summed E-state index contributed by atoms with van der Waals surface area (Å²) >= 11 is 7.82. The van der Waals surface area contributed by atoms with Crippen molar-refractivity contribution < 1.29 is 0 Å². The Morgan fingerprint density at radius 3 is 3.04 bits per heavy atom. The Labute approximate surface area is 147 Å². The van der Waals surface area contributed by atoms with Crippen LogP contribution in [0.4, 0.5) is 0 Å². The van der Waals surface area contributed by atoms with E-state index in [1.54, 1.807) is 0 Å². The van der Waals surface area contributed by atoms with Crippen LogP contribution in [0.1, 0.15) is 11.4 Å². The number of hydrogen-bond donors (Lipinski definition) is 1. The van der Waals surface area contributed by atoms with E-state index < -0.39 is 0 Å². The summed E-state index contributed by atoms with van der Waals surface area (Å²) in [5.41, 5.74) is 2.84. The second kappa shape index (κ2) is 6.23.